The Morgan fingerprint density at radius 3 is 2.60 bits per heavy atom. The van der Waals surface area contributed by atoms with E-state index in [4.69, 9.17) is 15.2 Å². The number of para-hydroxylation sites is 2. The minimum Gasteiger partial charge on any atom is -0.457 e. The van der Waals surface area contributed by atoms with E-state index in [0.29, 0.717) is 25.3 Å². The first-order valence-corrected chi connectivity index (χ1v) is 13.1. The zero-order valence-corrected chi connectivity index (χ0v) is 20.9. The minimum absolute atomic E-state index is 0.0206. The molecule has 0 aromatic heterocycles. The van der Waals surface area contributed by atoms with Gasteiger partial charge in [0, 0.05) is 50.2 Å². The van der Waals surface area contributed by atoms with Gasteiger partial charge in [-0.3, -0.25) is 4.79 Å². The van der Waals surface area contributed by atoms with E-state index in [2.05, 4.69) is 0 Å². The van der Waals surface area contributed by atoms with Crippen molar-refractivity contribution in [3.8, 4) is 11.5 Å². The minimum atomic E-state index is -1.11. The number of piperidine rings is 1. The van der Waals surface area contributed by atoms with E-state index in [-0.39, 0.29) is 23.8 Å². The first kappa shape index (κ1) is 25.7. The zero-order chi connectivity index (χ0) is 24.7. The maximum absolute atomic E-state index is 13.3. The number of ether oxygens (including phenoxy) is 2. The van der Waals surface area contributed by atoms with Crippen LogP contribution in [0.2, 0.25) is 0 Å². The van der Waals surface area contributed by atoms with Crippen molar-refractivity contribution in [3.63, 3.8) is 0 Å². The summed E-state index contributed by atoms with van der Waals surface area (Å²) in [5, 5.41) is 12.4. The molecule has 2 fully saturated rings. The number of rotatable bonds is 10. The van der Waals surface area contributed by atoms with Gasteiger partial charge in [-0.25, -0.2) is 0 Å². The van der Waals surface area contributed by atoms with Gasteiger partial charge in [0.05, 0.1) is 5.60 Å². The van der Waals surface area contributed by atoms with Gasteiger partial charge in [-0.15, -0.1) is 0 Å². The highest BCUT2D eigenvalue weighted by molar-refractivity contribution is 5.79. The molecular formula is C29H40N2O4. The molecule has 3 N–H and O–H groups in total. The number of carbonyl (C=O) groups is 1. The number of nitrogens with zero attached hydrogens (tertiary/aromatic N) is 1. The average Bonchev–Trinajstić information content (AvgIpc) is 3.33. The van der Waals surface area contributed by atoms with Crippen molar-refractivity contribution in [2.24, 2.45) is 17.6 Å². The number of benzene rings is 2. The fourth-order valence-electron chi connectivity index (χ4n) is 5.79. The molecule has 1 amide bonds. The lowest BCUT2D eigenvalue weighted by Crippen LogP contribution is -2.49. The summed E-state index contributed by atoms with van der Waals surface area (Å²) in [5.41, 5.74) is 5.78. The third kappa shape index (κ3) is 6.24. The molecule has 6 nitrogen and oxygen atoms in total. The standard InChI is InChI=1S/C29H40N2O4/c1-34-19-8-7-17-29(33,26-13-5-6-14-27(26)35-25-11-3-2-4-12-25)23-10-9-18-31(21-23)28(32)22-15-16-24(30)20-22/h2-6,11-14,22-24,33H,7-10,15-21,30H2,1H3/t22-,23-,24+,29+/m1/s1. The molecule has 1 saturated heterocycles. The van der Waals surface area contributed by atoms with E-state index in [1.807, 2.05) is 59.5 Å². The van der Waals surface area contributed by atoms with Gasteiger partial charge in [-0.05, 0) is 69.6 Å². The van der Waals surface area contributed by atoms with Crippen LogP contribution in [-0.4, -0.2) is 48.8 Å². The summed E-state index contributed by atoms with van der Waals surface area (Å²) in [5.74, 6) is 1.56. The Morgan fingerprint density at radius 1 is 1.09 bits per heavy atom. The van der Waals surface area contributed by atoms with Crippen LogP contribution in [0.5, 0.6) is 11.5 Å². The van der Waals surface area contributed by atoms with Crippen LogP contribution in [0.15, 0.2) is 54.6 Å². The quantitative estimate of drug-likeness (QED) is 0.475. The van der Waals surface area contributed by atoms with Crippen LogP contribution in [-0.2, 0) is 15.1 Å². The maximum Gasteiger partial charge on any atom is 0.225 e. The first-order chi connectivity index (χ1) is 17.0. The molecule has 4 atom stereocenters. The number of likely N-dealkylation sites (tertiary alicyclic amines) is 1. The van der Waals surface area contributed by atoms with Gasteiger partial charge in [0.2, 0.25) is 5.91 Å². The fraction of sp³-hybridized carbons (Fsp3) is 0.552. The summed E-state index contributed by atoms with van der Waals surface area (Å²) < 4.78 is 11.5. The largest absolute Gasteiger partial charge is 0.457 e. The molecule has 0 bridgehead atoms. The van der Waals surface area contributed by atoms with Crippen molar-refractivity contribution < 1.29 is 19.4 Å². The van der Waals surface area contributed by atoms with Gasteiger partial charge >= 0.3 is 0 Å². The summed E-state index contributed by atoms with van der Waals surface area (Å²) in [4.78, 5) is 15.3. The third-order valence-corrected chi connectivity index (χ3v) is 7.71. The second-order valence-electron chi connectivity index (χ2n) is 10.2. The monoisotopic (exact) mass is 480 g/mol. The first-order valence-electron chi connectivity index (χ1n) is 13.1. The Bertz CT molecular complexity index is 953. The van der Waals surface area contributed by atoms with Crippen molar-refractivity contribution in [3.05, 3.63) is 60.2 Å². The van der Waals surface area contributed by atoms with Crippen molar-refractivity contribution in [1.82, 2.24) is 4.90 Å². The maximum atomic E-state index is 13.3. The predicted octanol–water partition coefficient (Wildman–Crippen LogP) is 4.85. The lowest BCUT2D eigenvalue weighted by Gasteiger charge is -2.44. The van der Waals surface area contributed by atoms with Crippen LogP contribution in [0.25, 0.3) is 0 Å². The van der Waals surface area contributed by atoms with Gasteiger partial charge in [0.15, 0.2) is 0 Å². The molecule has 0 spiro atoms. The van der Waals surface area contributed by atoms with E-state index >= 15 is 0 Å². The van der Waals surface area contributed by atoms with E-state index in [0.717, 1.165) is 62.8 Å². The Balaban J connectivity index is 1.59. The highest BCUT2D eigenvalue weighted by atomic mass is 16.5. The number of aliphatic hydroxyl groups is 1. The smallest absolute Gasteiger partial charge is 0.225 e. The number of unbranched alkanes of at least 4 members (excludes halogenated alkanes) is 1. The summed E-state index contributed by atoms with van der Waals surface area (Å²) in [6.45, 7) is 1.98. The number of amides is 1. The van der Waals surface area contributed by atoms with E-state index in [9.17, 15) is 9.90 Å². The van der Waals surface area contributed by atoms with Crippen molar-refractivity contribution in [2.45, 2.75) is 63.0 Å². The van der Waals surface area contributed by atoms with Gasteiger partial charge < -0.3 is 25.2 Å². The fourth-order valence-corrected chi connectivity index (χ4v) is 5.79. The lowest BCUT2D eigenvalue weighted by atomic mass is 9.73. The molecule has 1 aliphatic heterocycles. The Hall–Kier alpha value is -2.41. The van der Waals surface area contributed by atoms with Crippen LogP contribution < -0.4 is 10.5 Å². The molecule has 2 aliphatic rings. The molecule has 190 valence electrons. The van der Waals surface area contributed by atoms with Crippen LogP contribution in [0.4, 0.5) is 0 Å². The zero-order valence-electron chi connectivity index (χ0n) is 20.9. The molecule has 35 heavy (non-hydrogen) atoms. The van der Waals surface area contributed by atoms with E-state index in [1.165, 1.54) is 0 Å². The van der Waals surface area contributed by atoms with Gasteiger partial charge in [-0.1, -0.05) is 36.4 Å². The van der Waals surface area contributed by atoms with Crippen molar-refractivity contribution >= 4 is 5.91 Å². The molecule has 0 unspecified atom stereocenters. The third-order valence-electron chi connectivity index (χ3n) is 7.71. The normalized spacial score (nSPS) is 24.2. The van der Waals surface area contributed by atoms with Gasteiger partial charge in [-0.2, -0.15) is 0 Å². The molecule has 6 heteroatoms. The van der Waals surface area contributed by atoms with Gasteiger partial charge in [0.1, 0.15) is 11.5 Å². The van der Waals surface area contributed by atoms with Crippen LogP contribution in [0, 0.1) is 11.8 Å². The number of carbonyl (C=O) groups excluding carboxylic acids is 1. The predicted molar refractivity (Wildman–Crippen MR) is 137 cm³/mol. The number of hydrogen-bond donors (Lipinski definition) is 2. The highest BCUT2D eigenvalue weighted by Crippen LogP contribution is 2.44. The molecule has 1 heterocycles. The SMILES string of the molecule is COCCCC[C@@](O)(c1ccccc1Oc1ccccc1)[C@@H]1CCCN(C(=O)[C@@H]2CC[C@H](N)C2)C1. The second-order valence-corrected chi connectivity index (χ2v) is 10.2. The van der Waals surface area contributed by atoms with Crippen LogP contribution >= 0.6 is 0 Å². The average molecular weight is 481 g/mol. The van der Waals surface area contributed by atoms with Crippen molar-refractivity contribution in [1.29, 1.82) is 0 Å². The summed E-state index contributed by atoms with van der Waals surface area (Å²) >= 11 is 0. The number of methoxy groups -OCH3 is 1. The lowest BCUT2D eigenvalue weighted by molar-refractivity contribution is -0.141. The van der Waals surface area contributed by atoms with Gasteiger partial charge in [0.25, 0.3) is 0 Å². The molecule has 2 aromatic carbocycles. The molecule has 4 rings (SSSR count). The summed E-state index contributed by atoms with van der Waals surface area (Å²) in [6.07, 6.45) is 6.60. The van der Waals surface area contributed by atoms with Crippen LogP contribution in [0.3, 0.4) is 0 Å². The molecule has 1 aliphatic carbocycles. The van der Waals surface area contributed by atoms with Crippen molar-refractivity contribution in [2.75, 3.05) is 26.8 Å². The number of hydrogen-bond acceptors (Lipinski definition) is 5. The summed E-state index contributed by atoms with van der Waals surface area (Å²) in [7, 11) is 1.70. The summed E-state index contributed by atoms with van der Waals surface area (Å²) in [6, 6.07) is 17.6. The molecule has 2 aromatic rings. The van der Waals surface area contributed by atoms with E-state index < -0.39 is 5.60 Å². The Labute approximate surface area is 209 Å². The number of nitrogens with two attached hydrogens (primary N) is 1. The molecule has 1 saturated carbocycles. The molecular weight excluding hydrogens is 440 g/mol. The highest BCUT2D eigenvalue weighted by Gasteiger charge is 2.44. The Kier molecular flexibility index (Phi) is 8.82. The molecule has 0 radical (unpaired) electrons. The van der Waals surface area contributed by atoms with E-state index in [1.54, 1.807) is 7.11 Å². The Morgan fingerprint density at radius 2 is 1.86 bits per heavy atom. The van der Waals surface area contributed by atoms with Crippen LogP contribution in [0.1, 0.15) is 56.9 Å². The topological polar surface area (TPSA) is 85.0 Å². The second kappa shape index (κ2) is 12.0.